The number of nitrogen functional groups attached to an aromatic ring is 1. The lowest BCUT2D eigenvalue weighted by Crippen LogP contribution is -2.25. The van der Waals surface area contributed by atoms with Crippen molar-refractivity contribution < 1.29 is 14.7 Å². The van der Waals surface area contributed by atoms with Crippen LogP contribution in [0.3, 0.4) is 0 Å². The van der Waals surface area contributed by atoms with Gasteiger partial charge in [-0.05, 0) is 54.3 Å². The minimum Gasteiger partial charge on any atom is -0.464 e. The number of carbonyl (C=O) groups is 2. The van der Waals surface area contributed by atoms with Crippen LogP contribution in [0, 0.1) is 6.92 Å². The molecule has 2 aromatic carbocycles. The first kappa shape index (κ1) is 15.9. The summed E-state index contributed by atoms with van der Waals surface area (Å²) >= 11 is 0. The zero-order valence-electron chi connectivity index (χ0n) is 13.4. The van der Waals surface area contributed by atoms with Crippen molar-refractivity contribution >= 4 is 29.1 Å². The van der Waals surface area contributed by atoms with E-state index in [-0.39, 0.29) is 5.91 Å². The predicted octanol–water partition coefficient (Wildman–Crippen LogP) is 2.96. The van der Waals surface area contributed by atoms with Gasteiger partial charge >= 0.3 is 6.09 Å². The number of carbonyl (C=O) groups excluding carboxylic acids is 1. The molecule has 1 aliphatic heterocycles. The van der Waals surface area contributed by atoms with Gasteiger partial charge in [0.05, 0.1) is 11.4 Å². The molecule has 1 aliphatic rings. The lowest BCUT2D eigenvalue weighted by molar-refractivity contribution is -0.121. The van der Waals surface area contributed by atoms with Crippen LogP contribution >= 0.6 is 0 Å². The number of nitrogens with one attached hydrogen (secondary N) is 1. The molecule has 0 saturated heterocycles. The molecule has 6 heteroatoms. The van der Waals surface area contributed by atoms with E-state index in [2.05, 4.69) is 5.32 Å². The van der Waals surface area contributed by atoms with Crippen molar-refractivity contribution in [1.82, 2.24) is 5.32 Å². The Morgan fingerprint density at radius 3 is 2.71 bits per heavy atom. The topological polar surface area (TPSA) is 95.7 Å². The van der Waals surface area contributed by atoms with Gasteiger partial charge in [0, 0.05) is 18.7 Å². The van der Waals surface area contributed by atoms with E-state index in [1.807, 2.05) is 19.1 Å². The van der Waals surface area contributed by atoms with Gasteiger partial charge < -0.3 is 16.2 Å². The Morgan fingerprint density at radius 2 is 2.00 bits per heavy atom. The number of hydrogen-bond acceptors (Lipinski definition) is 3. The molecule has 3 rings (SSSR count). The van der Waals surface area contributed by atoms with Crippen LogP contribution in [0.25, 0.3) is 0 Å². The van der Waals surface area contributed by atoms with Gasteiger partial charge in [-0.3, -0.25) is 4.79 Å². The molecule has 2 amide bonds. The lowest BCUT2D eigenvalue weighted by atomic mass is 9.99. The summed E-state index contributed by atoms with van der Waals surface area (Å²) in [5.41, 5.74) is 10.2. The summed E-state index contributed by atoms with van der Waals surface area (Å²) in [5, 5.41) is 12.6. The molecule has 0 saturated carbocycles. The Morgan fingerprint density at radius 1 is 1.21 bits per heavy atom. The number of aryl methyl sites for hydroxylation is 2. The lowest BCUT2D eigenvalue weighted by Gasteiger charge is -2.23. The van der Waals surface area contributed by atoms with E-state index in [0.29, 0.717) is 36.4 Å². The van der Waals surface area contributed by atoms with Crippen LogP contribution in [0.1, 0.15) is 23.1 Å². The third kappa shape index (κ3) is 3.03. The number of amides is 2. The van der Waals surface area contributed by atoms with Crippen molar-refractivity contribution in [2.24, 2.45) is 0 Å². The van der Waals surface area contributed by atoms with E-state index < -0.39 is 6.09 Å². The van der Waals surface area contributed by atoms with Gasteiger partial charge in [0.15, 0.2) is 0 Å². The van der Waals surface area contributed by atoms with Gasteiger partial charge in [-0.25, -0.2) is 9.69 Å². The van der Waals surface area contributed by atoms with E-state index in [1.54, 1.807) is 24.3 Å². The molecule has 124 valence electrons. The molecule has 24 heavy (non-hydrogen) atoms. The molecule has 0 fully saturated rings. The average Bonchev–Trinajstić information content (AvgIpc) is 2.70. The van der Waals surface area contributed by atoms with E-state index in [0.717, 1.165) is 16.7 Å². The molecule has 0 atom stereocenters. The largest absolute Gasteiger partial charge is 0.464 e. The van der Waals surface area contributed by atoms with Crippen LogP contribution < -0.4 is 16.0 Å². The van der Waals surface area contributed by atoms with E-state index >= 15 is 0 Å². The predicted molar refractivity (Wildman–Crippen MR) is 92.4 cm³/mol. The molecule has 0 unspecified atom stereocenters. The van der Waals surface area contributed by atoms with Crippen LogP contribution in [-0.2, 0) is 17.8 Å². The van der Waals surface area contributed by atoms with Crippen LogP contribution in [0.2, 0.25) is 0 Å². The molecule has 1 heterocycles. The number of benzene rings is 2. The van der Waals surface area contributed by atoms with Crippen LogP contribution in [-0.4, -0.2) is 17.1 Å². The van der Waals surface area contributed by atoms with Crippen molar-refractivity contribution in [3.8, 4) is 0 Å². The van der Waals surface area contributed by atoms with Crippen molar-refractivity contribution in [2.45, 2.75) is 26.3 Å². The van der Waals surface area contributed by atoms with Crippen molar-refractivity contribution in [2.75, 3.05) is 10.6 Å². The van der Waals surface area contributed by atoms with Crippen LogP contribution in [0.15, 0.2) is 36.4 Å². The molecule has 0 aromatic heterocycles. The second-order valence-electron chi connectivity index (χ2n) is 5.90. The van der Waals surface area contributed by atoms with Gasteiger partial charge in [-0.2, -0.15) is 0 Å². The number of rotatable bonds is 2. The number of nitrogens with zero attached hydrogens (tertiary/aromatic N) is 1. The van der Waals surface area contributed by atoms with E-state index in [9.17, 15) is 14.7 Å². The molecule has 0 radical (unpaired) electrons. The third-order valence-electron chi connectivity index (χ3n) is 4.18. The second kappa shape index (κ2) is 6.23. The van der Waals surface area contributed by atoms with Crippen LogP contribution in [0.5, 0.6) is 0 Å². The minimum atomic E-state index is -1.08. The third-order valence-corrected chi connectivity index (χ3v) is 4.18. The maximum Gasteiger partial charge on any atom is 0.416 e. The first-order valence-corrected chi connectivity index (χ1v) is 7.73. The van der Waals surface area contributed by atoms with E-state index in [4.69, 9.17) is 5.73 Å². The van der Waals surface area contributed by atoms with Gasteiger partial charge in [0.1, 0.15) is 0 Å². The Hall–Kier alpha value is -3.02. The second-order valence-corrected chi connectivity index (χ2v) is 5.90. The molecule has 2 aromatic rings. The molecule has 0 aliphatic carbocycles. The fraction of sp³-hybridized carbons (Fsp3) is 0.222. The number of anilines is 3. The number of carboxylic acid groups (broad SMARTS) is 1. The fourth-order valence-electron chi connectivity index (χ4n) is 2.98. The summed E-state index contributed by atoms with van der Waals surface area (Å²) in [4.78, 5) is 24.7. The standard InChI is InChI=1S/C18H19N3O3/c1-11-7-12-5-6-17(22)20-10-13(12)8-16(11)21(18(23)24)15-4-2-3-14(19)9-15/h2-4,7-9H,5-6,10,19H2,1H3,(H,20,22)(H,23,24). The normalized spacial score (nSPS) is 13.6. The average molecular weight is 325 g/mol. The zero-order chi connectivity index (χ0) is 17.3. The highest BCUT2D eigenvalue weighted by atomic mass is 16.4. The van der Waals surface area contributed by atoms with Gasteiger partial charge in [-0.1, -0.05) is 12.1 Å². The monoisotopic (exact) mass is 325 g/mol. The fourth-order valence-corrected chi connectivity index (χ4v) is 2.98. The minimum absolute atomic E-state index is 0.0105. The molecule has 4 N–H and O–H groups in total. The quantitative estimate of drug-likeness (QED) is 0.740. The first-order valence-electron chi connectivity index (χ1n) is 7.73. The van der Waals surface area contributed by atoms with Crippen molar-refractivity contribution in [3.05, 3.63) is 53.1 Å². The van der Waals surface area contributed by atoms with Crippen molar-refractivity contribution in [1.29, 1.82) is 0 Å². The number of fused-ring (bicyclic) bond motifs is 1. The van der Waals surface area contributed by atoms with E-state index in [1.165, 1.54) is 4.90 Å². The maximum atomic E-state index is 11.9. The summed E-state index contributed by atoms with van der Waals surface area (Å²) in [5.74, 6) is 0.0105. The highest BCUT2D eigenvalue weighted by Crippen LogP contribution is 2.33. The molecular weight excluding hydrogens is 306 g/mol. The molecule has 0 bridgehead atoms. The highest BCUT2D eigenvalue weighted by molar-refractivity contribution is 5.96. The molecular formula is C18H19N3O3. The Labute approximate surface area is 139 Å². The first-order chi connectivity index (χ1) is 11.5. The number of hydrogen-bond donors (Lipinski definition) is 3. The Balaban J connectivity index is 2.09. The SMILES string of the molecule is Cc1cc2c(cc1N(C(=O)O)c1cccc(N)c1)CNC(=O)CC2. The smallest absolute Gasteiger partial charge is 0.416 e. The van der Waals surface area contributed by atoms with Gasteiger partial charge in [0.2, 0.25) is 5.91 Å². The Kier molecular flexibility index (Phi) is 4.12. The number of nitrogens with two attached hydrogens (primary N) is 1. The molecule has 6 nitrogen and oxygen atoms in total. The highest BCUT2D eigenvalue weighted by Gasteiger charge is 2.22. The summed E-state index contributed by atoms with van der Waals surface area (Å²) in [6.07, 6.45) is 0.0263. The summed E-state index contributed by atoms with van der Waals surface area (Å²) in [6, 6.07) is 10.6. The summed E-state index contributed by atoms with van der Waals surface area (Å²) in [7, 11) is 0. The molecule has 0 spiro atoms. The summed E-state index contributed by atoms with van der Waals surface area (Å²) in [6.45, 7) is 2.28. The van der Waals surface area contributed by atoms with Gasteiger partial charge in [-0.15, -0.1) is 0 Å². The van der Waals surface area contributed by atoms with Gasteiger partial charge in [0.25, 0.3) is 0 Å². The Bertz CT molecular complexity index is 817. The van der Waals surface area contributed by atoms with Crippen LogP contribution in [0.4, 0.5) is 21.9 Å². The van der Waals surface area contributed by atoms with Crippen molar-refractivity contribution in [3.63, 3.8) is 0 Å². The maximum absolute atomic E-state index is 11.9. The zero-order valence-corrected chi connectivity index (χ0v) is 13.4. The summed E-state index contributed by atoms with van der Waals surface area (Å²) < 4.78 is 0.